The lowest BCUT2D eigenvalue weighted by atomic mass is 10.2. The normalized spacial score (nSPS) is 23.9. The second kappa shape index (κ2) is 33.1. The fourth-order valence-electron chi connectivity index (χ4n) is 9.44. The summed E-state index contributed by atoms with van der Waals surface area (Å²) in [6.07, 6.45) is 0. The number of hydrogen-bond donors (Lipinski definition) is 6. The number of carbonyl (C=O) groups excluding carboxylic acids is 4. The fraction of sp³-hybridized carbons (Fsp3) is 0.639. The van der Waals surface area contributed by atoms with Crippen molar-refractivity contribution < 1.29 is 78.2 Å². The van der Waals surface area contributed by atoms with Crippen LogP contribution in [0.2, 0.25) is 0 Å². The number of nitrogens with two attached hydrogens (primary N) is 1. The van der Waals surface area contributed by atoms with Crippen LogP contribution >= 0.6 is 72.1 Å². The number of nitrogens with one attached hydrogen (secondary N) is 3. The van der Waals surface area contributed by atoms with Gasteiger partial charge >= 0.3 is 11.9 Å². The molecule has 2 amide bonds. The first-order valence-electron chi connectivity index (χ1n) is 29.6. The number of hydrogen-bond acceptors (Lipinski definition) is 24. The molecule has 4 heterocycles. The number of thioether (sulfide) groups is 4. The number of sulfonamides is 3. The number of nitrogens with zero attached hydrogens (tertiary/aromatic N) is 3. The molecule has 33 heteroatoms. The average Bonchev–Trinajstić information content (AvgIpc) is 1.57. The molecule has 0 aliphatic carbocycles. The molecule has 3 aromatic carbocycles. The molecule has 0 saturated carbocycles. The molecule has 4 aliphatic heterocycles. The number of hydroxylamine groups is 2. The Morgan fingerprint density at radius 2 is 0.840 bits per heavy atom. The summed E-state index contributed by atoms with van der Waals surface area (Å²) in [6, 6.07) is 18.2. The summed E-state index contributed by atoms with van der Waals surface area (Å²) in [6.45, 7) is 37.8. The quantitative estimate of drug-likeness (QED) is 0.0317. The SMILES string of the molecule is CC(C)(S)CN.CCOC(=O)C1(C)NCC(C)(C)S1.CCOC(=O)C1(C)SC(C)(C)CN1S(=O)(=O)c1ccc(OC)cc1.COc1ccc(S(=O)(=O)N2CC(C)(C)SC2(C)C(=O)NO)cc1.COc1ccc(S(=O)(=O)N2CC(C)(C)SC2(C)C(=O)NOC(C)(C)C)cc1.Cl. The standard InChI is InChI=1S/C18H28N2O5S2.C16H23NO5S2.C14H20N2O5S2.C9H17NO2S.C4H11NS.ClH/c1-16(2,3)25-19-15(21)18(6)20(12-17(4,5)26-18)27(22,23)14-10-8-13(24-7)9-11-14;1-6-22-14(18)16(4)17(11-15(2,3)23-16)24(19,20)13-9-7-12(21-5)8-10-13;1-13(2)9-16(14(3,22-13)12(17)15-18)23(19,20)11-7-5-10(21-4)6-8-11;1-5-12-7(11)9(4)10-6-8(2,3)13-9;1-4(2,6)3-5;/h8-11H,12H2,1-7H3,(H,19,21);7-10H,6,11H2,1-5H3;5-8,18H,9H2,1-4H3,(H,15,17);10H,5-6H2,1-4H3;6H,3,5H2,1-2H3;1H. The van der Waals surface area contributed by atoms with E-state index in [-0.39, 0.29) is 68.8 Å². The molecule has 3 aromatic rings. The van der Waals surface area contributed by atoms with Crippen molar-refractivity contribution in [3.8, 4) is 17.2 Å². The highest BCUT2D eigenvalue weighted by atomic mass is 35.5. The number of amides is 2. The molecule has 0 spiro atoms. The number of esters is 2. The Balaban J connectivity index is 0.000000421. The van der Waals surface area contributed by atoms with Gasteiger partial charge in [-0.15, -0.1) is 59.5 Å². The summed E-state index contributed by atoms with van der Waals surface area (Å²) < 4.78 is 106. The van der Waals surface area contributed by atoms with Gasteiger partial charge in [-0.1, -0.05) is 0 Å². The van der Waals surface area contributed by atoms with Crippen LogP contribution in [0.15, 0.2) is 87.5 Å². The lowest BCUT2D eigenvalue weighted by molar-refractivity contribution is -0.150. The Morgan fingerprint density at radius 3 is 1.11 bits per heavy atom. The Morgan fingerprint density at radius 1 is 0.543 bits per heavy atom. The molecule has 536 valence electrons. The zero-order valence-electron chi connectivity index (χ0n) is 58.0. The molecule has 7 rings (SSSR count). The van der Waals surface area contributed by atoms with E-state index in [0.717, 1.165) is 10.8 Å². The van der Waals surface area contributed by atoms with E-state index in [9.17, 15) is 44.4 Å². The van der Waals surface area contributed by atoms with Crippen LogP contribution in [0.3, 0.4) is 0 Å². The number of thiol groups is 1. The van der Waals surface area contributed by atoms with Crippen LogP contribution < -0.4 is 36.2 Å². The van der Waals surface area contributed by atoms with E-state index in [2.05, 4.69) is 37.3 Å². The van der Waals surface area contributed by atoms with Gasteiger partial charge in [-0.2, -0.15) is 25.5 Å². The first-order valence-corrected chi connectivity index (χ1v) is 37.6. The lowest BCUT2D eigenvalue weighted by Gasteiger charge is -2.32. The summed E-state index contributed by atoms with van der Waals surface area (Å²) >= 11 is 9.55. The molecule has 4 unspecified atom stereocenters. The molecule has 24 nitrogen and oxygen atoms in total. The second-order valence-corrected chi connectivity index (χ2v) is 41.6. The van der Waals surface area contributed by atoms with Crippen molar-refractivity contribution in [1.29, 1.82) is 0 Å². The van der Waals surface area contributed by atoms with Gasteiger partial charge in [-0.05, 0) is 204 Å². The molecule has 6 N–H and O–H groups in total. The lowest BCUT2D eigenvalue weighted by Crippen LogP contribution is -2.54. The summed E-state index contributed by atoms with van der Waals surface area (Å²) in [5.41, 5.74) is 8.64. The molecular formula is C61H100ClN7O17S8. The fourth-order valence-corrected chi connectivity index (χ4v) is 22.5. The van der Waals surface area contributed by atoms with Crippen molar-refractivity contribution >= 4 is 126 Å². The van der Waals surface area contributed by atoms with Gasteiger partial charge in [0.15, 0.2) is 19.5 Å². The highest BCUT2D eigenvalue weighted by molar-refractivity contribution is 8.05. The van der Waals surface area contributed by atoms with Crippen LogP contribution in [0.4, 0.5) is 0 Å². The molecule has 0 aromatic heterocycles. The number of benzene rings is 3. The van der Waals surface area contributed by atoms with E-state index in [1.165, 1.54) is 109 Å². The highest BCUT2D eigenvalue weighted by Crippen LogP contribution is 2.52. The highest BCUT2D eigenvalue weighted by Gasteiger charge is 2.60. The van der Waals surface area contributed by atoms with Gasteiger partial charge in [0.2, 0.25) is 30.1 Å². The Labute approximate surface area is 587 Å². The minimum absolute atomic E-state index is 0. The van der Waals surface area contributed by atoms with Crippen molar-refractivity contribution in [3.05, 3.63) is 72.8 Å². The topological polar surface area (TPSA) is 318 Å². The van der Waals surface area contributed by atoms with Crippen molar-refractivity contribution in [1.82, 2.24) is 29.2 Å². The molecule has 4 saturated heterocycles. The average molecular weight is 1500 g/mol. The van der Waals surface area contributed by atoms with Crippen LogP contribution in [0.1, 0.15) is 132 Å². The zero-order chi connectivity index (χ0) is 71.6. The Hall–Kier alpha value is -3.45. The largest absolute Gasteiger partial charge is 0.497 e. The molecule has 4 fully saturated rings. The number of rotatable bonds is 17. The predicted octanol–water partition coefficient (Wildman–Crippen LogP) is 9.15. The monoisotopic (exact) mass is 1490 g/mol. The number of methoxy groups -OCH3 is 3. The van der Waals surface area contributed by atoms with E-state index >= 15 is 0 Å². The maximum atomic E-state index is 13.3. The van der Waals surface area contributed by atoms with E-state index in [1.54, 1.807) is 95.2 Å². The van der Waals surface area contributed by atoms with Gasteiger partial charge in [-0.3, -0.25) is 25.0 Å². The first kappa shape index (κ1) is 86.6. The summed E-state index contributed by atoms with van der Waals surface area (Å²) in [5, 5.41) is 12.2. The number of carbonyl (C=O) groups is 4. The maximum Gasteiger partial charge on any atom is 0.337 e. The third-order valence-electron chi connectivity index (χ3n) is 13.9. The van der Waals surface area contributed by atoms with Gasteiger partial charge in [0.05, 0.1) is 54.8 Å². The van der Waals surface area contributed by atoms with Gasteiger partial charge < -0.3 is 29.4 Å². The summed E-state index contributed by atoms with van der Waals surface area (Å²) in [5.74, 6) is -0.322. The summed E-state index contributed by atoms with van der Waals surface area (Å²) in [4.78, 5) is 50.1. The smallest absolute Gasteiger partial charge is 0.337 e. The molecule has 0 radical (unpaired) electrons. The van der Waals surface area contributed by atoms with E-state index in [0.29, 0.717) is 30.4 Å². The number of halogens is 1. The van der Waals surface area contributed by atoms with Crippen LogP contribution in [0.25, 0.3) is 0 Å². The van der Waals surface area contributed by atoms with E-state index in [4.69, 9.17) is 39.5 Å². The molecule has 4 aliphatic rings. The van der Waals surface area contributed by atoms with Crippen LogP contribution in [-0.4, -0.2) is 183 Å². The summed E-state index contributed by atoms with van der Waals surface area (Å²) in [7, 11) is -7.14. The minimum Gasteiger partial charge on any atom is -0.497 e. The predicted molar refractivity (Wildman–Crippen MR) is 381 cm³/mol. The van der Waals surface area contributed by atoms with Crippen molar-refractivity contribution in [2.45, 2.75) is 195 Å². The van der Waals surface area contributed by atoms with E-state index < -0.39 is 87.2 Å². The third-order valence-corrected chi connectivity index (χ3v) is 26.1. The van der Waals surface area contributed by atoms with Crippen molar-refractivity contribution in [2.24, 2.45) is 5.73 Å². The van der Waals surface area contributed by atoms with Gasteiger partial charge in [-0.25, -0.2) is 45.8 Å². The number of ether oxygens (including phenoxy) is 5. The van der Waals surface area contributed by atoms with Gasteiger partial charge in [0, 0.05) is 56.5 Å². The third kappa shape index (κ3) is 22.5. The van der Waals surface area contributed by atoms with E-state index in [1.807, 2.05) is 69.2 Å². The Bertz CT molecular complexity index is 3400. The molecule has 94 heavy (non-hydrogen) atoms. The zero-order valence-corrected chi connectivity index (χ0v) is 65.4. The Kier molecular flexibility index (Phi) is 30.5. The van der Waals surface area contributed by atoms with Gasteiger partial charge in [0.25, 0.3) is 11.8 Å². The van der Waals surface area contributed by atoms with Crippen molar-refractivity contribution in [2.75, 3.05) is 67.3 Å². The minimum atomic E-state index is -3.91. The van der Waals surface area contributed by atoms with Crippen molar-refractivity contribution in [3.63, 3.8) is 0 Å². The maximum absolute atomic E-state index is 13.3. The van der Waals surface area contributed by atoms with Crippen LogP contribution in [-0.2, 0) is 63.6 Å². The first-order chi connectivity index (χ1) is 42.3. The molecular weight excluding hydrogens is 1390 g/mol. The van der Waals surface area contributed by atoms with Gasteiger partial charge in [0.1, 0.15) is 17.2 Å². The second-order valence-electron chi connectivity index (χ2n) is 26.4. The molecule has 4 atom stereocenters. The van der Waals surface area contributed by atoms with Crippen LogP contribution in [0.5, 0.6) is 17.2 Å². The molecule has 0 bridgehead atoms. The van der Waals surface area contributed by atoms with Crippen LogP contribution in [0, 0.1) is 0 Å².